The number of alkyl halides is 1. The van der Waals surface area contributed by atoms with Crippen molar-refractivity contribution in [2.75, 3.05) is 24.7 Å². The molecule has 13 atom stereocenters. The number of anilines is 2. The van der Waals surface area contributed by atoms with Gasteiger partial charge in [-0.3, -0.25) is 22.8 Å². The zero-order chi connectivity index (χ0) is 41.3. The van der Waals surface area contributed by atoms with Crippen LogP contribution in [0.5, 0.6) is 0 Å². The maximum absolute atomic E-state index is 13.0. The number of nitrogen functional groups attached to an aromatic ring is 2. The van der Waals surface area contributed by atoms with E-state index in [1.54, 1.807) is 0 Å². The molecule has 0 radical (unpaired) electrons. The van der Waals surface area contributed by atoms with Gasteiger partial charge in [-0.2, -0.15) is 0 Å². The minimum atomic E-state index is -5.77. The number of fused-ring (bicyclic) bond motifs is 2. The maximum atomic E-state index is 13.0. The molecule has 60 heavy (non-hydrogen) atoms. The predicted octanol–water partition coefficient (Wildman–Crippen LogP) is -11.2. The molecule has 0 amide bonds. The van der Waals surface area contributed by atoms with Gasteiger partial charge in [0.25, 0.3) is 0 Å². The van der Waals surface area contributed by atoms with Gasteiger partial charge < -0.3 is 60.6 Å². The second kappa shape index (κ2) is 23.2. The van der Waals surface area contributed by atoms with Crippen molar-refractivity contribution in [3.63, 3.8) is 0 Å². The fourth-order valence-electron chi connectivity index (χ4n) is 5.33. The molecule has 0 saturated carbocycles. The molecule has 4 aromatic heterocycles. The van der Waals surface area contributed by atoms with Gasteiger partial charge in [0.15, 0.2) is 35.4 Å². The van der Waals surface area contributed by atoms with E-state index in [2.05, 4.69) is 82.6 Å². The number of hydrogen-bond donors (Lipinski definition) is 10. The molecule has 4 aromatic rings. The number of rotatable bonds is 14. The summed E-state index contributed by atoms with van der Waals surface area (Å²) in [4.78, 5) is 52.6. The number of aliphatic hydroxyl groups excluding tert-OH is 4. The summed E-state index contributed by atoms with van der Waals surface area (Å²) in [5.74, 6) is -0.0196. The summed E-state index contributed by atoms with van der Waals surface area (Å²) in [7, 11) is -11.5. The molecule has 39 heteroatoms. The van der Waals surface area contributed by atoms with Crippen molar-refractivity contribution in [2.45, 2.75) is 53.9 Å². The Kier molecular flexibility index (Phi) is 22.9. The first-order valence-corrected chi connectivity index (χ1v) is 25.5. The number of imidazole rings is 2. The van der Waals surface area contributed by atoms with E-state index in [1.807, 2.05) is 0 Å². The average Bonchev–Trinajstić information content (AvgIpc) is 3.83. The molecule has 26 nitrogen and oxygen atoms in total. The topological polar surface area (TPSA) is 387 Å². The van der Waals surface area contributed by atoms with E-state index in [4.69, 9.17) is 53.4 Å². The van der Waals surface area contributed by atoms with Crippen molar-refractivity contribution in [3.8, 4) is 0 Å². The van der Waals surface area contributed by atoms with Gasteiger partial charge in [0.05, 0.1) is 25.9 Å². The van der Waals surface area contributed by atoms with Crippen LogP contribution in [-0.2, 0) is 52.6 Å². The van der Waals surface area contributed by atoms with Crippen LogP contribution in [0.25, 0.3) is 22.3 Å². The normalized spacial score (nSPS) is 28.5. The second-order valence-electron chi connectivity index (χ2n) is 11.6. The molecule has 6 rings (SSSR count). The first-order chi connectivity index (χ1) is 25.9. The van der Waals surface area contributed by atoms with Crippen LogP contribution < -0.4 is 130 Å². The van der Waals surface area contributed by atoms with Gasteiger partial charge >= 0.3 is 147 Å². The van der Waals surface area contributed by atoms with Gasteiger partial charge in [-0.05, 0) is 43.7 Å². The minimum Gasteiger partial charge on any atom is -0.387 e. The summed E-state index contributed by atoms with van der Waals surface area (Å²) in [5.41, 5.74) is 12.2. The Bertz CT molecular complexity index is 2220. The fraction of sp³-hybridized carbons (Fsp3) is 0.524. The number of aromatic nitrogens is 8. The monoisotopic (exact) mass is 1150 g/mol. The Morgan fingerprint density at radius 2 is 1.13 bits per heavy atom. The number of aliphatic hydroxyl groups is 4. The molecular formula is C21H27Br2ClN10Na4O16P4S2+4. The van der Waals surface area contributed by atoms with Gasteiger partial charge in [0.1, 0.15) is 47.7 Å². The van der Waals surface area contributed by atoms with Crippen molar-refractivity contribution in [1.29, 1.82) is 0 Å². The summed E-state index contributed by atoms with van der Waals surface area (Å²) in [6.07, 6.45) is -10.0. The Morgan fingerprint density at radius 3 is 1.55 bits per heavy atom. The molecule has 0 aromatic carbocycles. The predicted molar refractivity (Wildman–Crippen MR) is 203 cm³/mol. The fourth-order valence-corrected chi connectivity index (χ4v) is 15.1. The van der Waals surface area contributed by atoms with Crippen LogP contribution >= 0.6 is 84.4 Å². The van der Waals surface area contributed by atoms with Crippen molar-refractivity contribution >= 4 is 130 Å². The van der Waals surface area contributed by atoms with Crippen molar-refractivity contribution in [2.24, 2.45) is 0 Å². The van der Waals surface area contributed by atoms with E-state index in [0.29, 0.717) is 0 Å². The third-order valence-corrected chi connectivity index (χ3v) is 19.3. The van der Waals surface area contributed by atoms with Crippen LogP contribution in [0, 0.1) is 0 Å². The number of halogens is 3. The molecular weight excluding hydrogens is 1120 g/mol. The molecule has 6 heterocycles. The number of nitrogens with two attached hydrogens (primary N) is 2. The standard InChI is InChI=1S/C21H27Br2ClN10O16P4S2.4Na/c22-19-29-13(25)7-15(31-19)33(3-27-7)17-11(37)9(35)5(47-17)1-45-53(43,55)49-51(39,40)21(24)52(41,42)50-54(44,56)46-2-6-10(36)12(38)18(48-6)34-4-28-8-14(26)30-20(23)32-16(8)34;;;;/h3-6,9-12,17-18,21,35-38H,1-2H2,(H,39,40)(H,41,42)(H,43,55)(H,44,56)(H2,25,29,31)(H2,26,30,32);;;;/q;4*+1/t5-,6-,9-,10-,11-,12-,17-,18-,21?,53?,54?;;;;/m1..../s1. The third kappa shape index (κ3) is 13.3. The van der Waals surface area contributed by atoms with E-state index < -0.39 is 95.9 Å². The van der Waals surface area contributed by atoms with Crippen LogP contribution in [0.1, 0.15) is 12.5 Å². The Balaban J connectivity index is 0.00000310. The number of hydrogen-bond acceptors (Lipinski definition) is 22. The molecule has 5 unspecified atom stereocenters. The quantitative estimate of drug-likeness (QED) is 0.0184. The molecule has 2 saturated heterocycles. The SMILES string of the molecule is Nc1nc(Br)nc2c1ncn2[C@@H]1O[C@H](COP(=O)(S)OP(=O)(O)C(Cl)P(=O)(O)OP(O)(=S)OC[C@H]2O[C@@H](n3cnc4c(N)nc(Br)nc43)[C@H](O)[C@@H]2O)[C@@H](O)[C@H]1O.[Na+].[Na+].[Na+].[Na+]. The van der Waals surface area contributed by atoms with Crippen LogP contribution in [0.2, 0.25) is 0 Å². The molecule has 0 spiro atoms. The molecule has 2 fully saturated rings. The van der Waals surface area contributed by atoms with Crippen molar-refractivity contribution in [1.82, 2.24) is 39.0 Å². The average molecular weight is 1150 g/mol. The first kappa shape index (κ1) is 59.2. The Hall–Kier alpha value is 3.12. The summed E-state index contributed by atoms with van der Waals surface area (Å²) >= 11 is 20.3. The van der Waals surface area contributed by atoms with Gasteiger partial charge in [-0.1, -0.05) is 23.8 Å². The van der Waals surface area contributed by atoms with Gasteiger partial charge in [0, 0.05) is 0 Å². The number of nitrogens with zero attached hydrogens (tertiary/aromatic N) is 8. The van der Waals surface area contributed by atoms with Crippen molar-refractivity contribution in [3.05, 3.63) is 22.1 Å². The smallest absolute Gasteiger partial charge is 0.387 e. The Labute approximate surface area is 457 Å². The zero-order valence-electron chi connectivity index (χ0n) is 31.1. The van der Waals surface area contributed by atoms with Crippen LogP contribution in [0.3, 0.4) is 0 Å². The van der Waals surface area contributed by atoms with Gasteiger partial charge in [0.2, 0.25) is 14.3 Å². The van der Waals surface area contributed by atoms with Crippen LogP contribution in [-0.4, -0.2) is 129 Å². The summed E-state index contributed by atoms with van der Waals surface area (Å²) in [6.45, 7) is -11.7. The first-order valence-electron chi connectivity index (χ1n) is 14.9. The number of thiol groups is 1. The van der Waals surface area contributed by atoms with Gasteiger partial charge in [-0.25, -0.2) is 43.1 Å². The molecule has 0 bridgehead atoms. The number of ether oxygens (including phenoxy) is 2. The summed E-state index contributed by atoms with van der Waals surface area (Å²) in [6, 6.07) is 0. The van der Waals surface area contributed by atoms with E-state index in [-0.39, 0.29) is 162 Å². The molecule has 2 aliphatic heterocycles. The van der Waals surface area contributed by atoms with Crippen LogP contribution in [0.15, 0.2) is 22.1 Å². The maximum Gasteiger partial charge on any atom is 1.00 e. The largest absolute Gasteiger partial charge is 1.00 e. The minimum absolute atomic E-state index is 0. The molecule has 310 valence electrons. The van der Waals surface area contributed by atoms with E-state index >= 15 is 0 Å². The van der Waals surface area contributed by atoms with Crippen LogP contribution in [0.4, 0.5) is 11.6 Å². The summed E-state index contributed by atoms with van der Waals surface area (Å²) < 4.78 is 71.8. The van der Waals surface area contributed by atoms with E-state index in [0.717, 1.165) is 0 Å². The second-order valence-corrected chi connectivity index (χ2v) is 24.3. The zero-order valence-corrected chi connectivity index (χ0v) is 48.3. The van der Waals surface area contributed by atoms with Gasteiger partial charge in [-0.15, -0.1) is 0 Å². The molecule has 2 aliphatic rings. The van der Waals surface area contributed by atoms with Crippen molar-refractivity contribution < 1.29 is 194 Å². The van der Waals surface area contributed by atoms with E-state index in [1.165, 1.54) is 21.8 Å². The van der Waals surface area contributed by atoms with E-state index in [9.17, 15) is 48.8 Å². The molecule has 11 N–H and O–H groups in total. The third-order valence-electron chi connectivity index (χ3n) is 7.85. The Morgan fingerprint density at radius 1 is 0.750 bits per heavy atom. The summed E-state index contributed by atoms with van der Waals surface area (Å²) in [5, 5.41) is 42.5. The molecule has 0 aliphatic carbocycles.